The molecule has 0 saturated heterocycles. The summed E-state index contributed by atoms with van der Waals surface area (Å²) in [5, 5.41) is 9.11. The van der Waals surface area contributed by atoms with Gasteiger partial charge in [0.15, 0.2) is 0 Å². The fraction of sp³-hybridized carbons (Fsp3) is 0.467. The van der Waals surface area contributed by atoms with Crippen LogP contribution in [0.25, 0.3) is 0 Å². The maximum absolute atomic E-state index is 11.9. The van der Waals surface area contributed by atoms with E-state index in [1.54, 1.807) is 12.1 Å². The van der Waals surface area contributed by atoms with Crippen LogP contribution in [0.1, 0.15) is 34.6 Å². The van der Waals surface area contributed by atoms with Gasteiger partial charge in [-0.2, -0.15) is 0 Å². The van der Waals surface area contributed by atoms with Crippen molar-refractivity contribution in [3.8, 4) is 0 Å². The lowest BCUT2D eigenvalue weighted by Gasteiger charge is -2.10. The molecule has 0 aliphatic rings. The van der Waals surface area contributed by atoms with Crippen LogP contribution in [0.2, 0.25) is 0 Å². The molecule has 1 aromatic rings. The molecule has 0 bridgehead atoms. The highest BCUT2D eigenvalue weighted by Gasteiger charge is 2.19. The van der Waals surface area contributed by atoms with Crippen LogP contribution >= 0.6 is 0 Å². The number of aliphatic hydroxyl groups excluding tert-OH is 1. The highest BCUT2D eigenvalue weighted by Crippen LogP contribution is 2.12. The van der Waals surface area contributed by atoms with Gasteiger partial charge < -0.3 is 19.3 Å². The third kappa shape index (κ3) is 5.93. The molecule has 1 atom stereocenters. The number of esters is 2. The van der Waals surface area contributed by atoms with Gasteiger partial charge in [0.25, 0.3) is 0 Å². The number of hydrogen-bond donors (Lipinski definition) is 1. The Balaban J connectivity index is 2.69. The topological polar surface area (TPSA) is 82.1 Å². The Morgan fingerprint density at radius 1 is 1.10 bits per heavy atom. The molecule has 1 aromatic carbocycles. The Labute approximate surface area is 123 Å². The van der Waals surface area contributed by atoms with E-state index in [1.807, 2.05) is 6.92 Å². The summed E-state index contributed by atoms with van der Waals surface area (Å²) in [4.78, 5) is 23.8. The molecule has 1 N–H and O–H groups in total. The van der Waals surface area contributed by atoms with Crippen LogP contribution in [0.4, 0.5) is 0 Å². The fourth-order valence-electron chi connectivity index (χ4n) is 1.53. The van der Waals surface area contributed by atoms with Gasteiger partial charge in [0, 0.05) is 6.61 Å². The van der Waals surface area contributed by atoms with E-state index in [0.717, 1.165) is 0 Å². The van der Waals surface area contributed by atoms with E-state index < -0.39 is 18.0 Å². The average molecular weight is 296 g/mol. The number of carbonyl (C=O) groups excluding carboxylic acids is 2. The normalized spacial score (nSPS) is 11.8. The van der Waals surface area contributed by atoms with Gasteiger partial charge in [-0.25, -0.2) is 9.59 Å². The number of benzene rings is 1. The minimum atomic E-state index is -0.765. The van der Waals surface area contributed by atoms with Crippen molar-refractivity contribution >= 4 is 11.9 Å². The summed E-state index contributed by atoms with van der Waals surface area (Å²) in [5.41, 5.74) is 0.240. The first-order valence-corrected chi connectivity index (χ1v) is 6.75. The zero-order valence-corrected chi connectivity index (χ0v) is 12.2. The Morgan fingerprint density at radius 2 is 1.67 bits per heavy atom. The maximum atomic E-state index is 11.9. The third-order valence-corrected chi connectivity index (χ3v) is 2.49. The molecule has 0 amide bonds. The van der Waals surface area contributed by atoms with Crippen LogP contribution in [0.15, 0.2) is 24.3 Å². The van der Waals surface area contributed by atoms with Crippen LogP contribution in [-0.4, -0.2) is 49.6 Å². The maximum Gasteiger partial charge on any atom is 0.339 e. The minimum absolute atomic E-state index is 0.111. The van der Waals surface area contributed by atoms with Crippen molar-refractivity contribution in [2.24, 2.45) is 0 Å². The fourth-order valence-corrected chi connectivity index (χ4v) is 1.53. The summed E-state index contributed by atoms with van der Waals surface area (Å²) < 4.78 is 15.0. The van der Waals surface area contributed by atoms with Crippen LogP contribution in [-0.2, 0) is 14.2 Å². The molecule has 1 unspecified atom stereocenters. The van der Waals surface area contributed by atoms with Crippen LogP contribution < -0.4 is 0 Å². The van der Waals surface area contributed by atoms with Gasteiger partial charge in [-0.05, 0) is 26.0 Å². The summed E-state index contributed by atoms with van der Waals surface area (Å²) in [6, 6.07) is 6.21. The van der Waals surface area contributed by atoms with E-state index in [2.05, 4.69) is 0 Å². The molecule has 0 aromatic heterocycles. The Hall–Kier alpha value is -1.92. The molecule has 6 heteroatoms. The molecule has 0 fully saturated rings. The molecular formula is C15H20O6. The van der Waals surface area contributed by atoms with E-state index in [4.69, 9.17) is 19.3 Å². The number of hydrogen-bond acceptors (Lipinski definition) is 6. The number of ether oxygens (including phenoxy) is 3. The molecule has 0 aliphatic carbocycles. The summed E-state index contributed by atoms with van der Waals surface area (Å²) >= 11 is 0. The lowest BCUT2D eigenvalue weighted by molar-refractivity contribution is 0.0272. The number of rotatable bonds is 8. The molecule has 116 valence electrons. The molecule has 0 radical (unpaired) electrons. The average Bonchev–Trinajstić information content (AvgIpc) is 2.49. The first kappa shape index (κ1) is 17.1. The van der Waals surface area contributed by atoms with Gasteiger partial charge >= 0.3 is 11.9 Å². The van der Waals surface area contributed by atoms with Crippen molar-refractivity contribution in [1.82, 2.24) is 0 Å². The largest absolute Gasteiger partial charge is 0.460 e. The minimum Gasteiger partial charge on any atom is -0.460 e. The number of carbonyl (C=O) groups is 2. The SMILES string of the molecule is CCOCCOC(=O)c1ccccc1C(=O)OCC(C)O. The molecular weight excluding hydrogens is 276 g/mol. The zero-order chi connectivity index (χ0) is 15.7. The highest BCUT2D eigenvalue weighted by atomic mass is 16.6. The smallest absolute Gasteiger partial charge is 0.339 e. The van der Waals surface area contributed by atoms with Gasteiger partial charge in [-0.1, -0.05) is 12.1 Å². The van der Waals surface area contributed by atoms with Gasteiger partial charge in [-0.3, -0.25) is 0 Å². The van der Waals surface area contributed by atoms with Crippen molar-refractivity contribution in [2.75, 3.05) is 26.4 Å². The molecule has 0 saturated carbocycles. The highest BCUT2D eigenvalue weighted by molar-refractivity contribution is 6.03. The second-order valence-electron chi connectivity index (χ2n) is 4.33. The first-order chi connectivity index (χ1) is 10.1. The van der Waals surface area contributed by atoms with Gasteiger partial charge in [0.2, 0.25) is 0 Å². The van der Waals surface area contributed by atoms with E-state index >= 15 is 0 Å². The van der Waals surface area contributed by atoms with E-state index in [9.17, 15) is 9.59 Å². The zero-order valence-electron chi connectivity index (χ0n) is 12.2. The lowest BCUT2D eigenvalue weighted by Crippen LogP contribution is -2.19. The quantitative estimate of drug-likeness (QED) is 0.577. The van der Waals surface area contributed by atoms with Crippen LogP contribution in [0, 0.1) is 0 Å². The standard InChI is InChI=1S/C15H20O6/c1-3-19-8-9-20-14(17)12-6-4-5-7-13(12)15(18)21-10-11(2)16/h4-7,11,16H,3,8-10H2,1-2H3. The molecule has 0 aliphatic heterocycles. The molecule has 1 rings (SSSR count). The van der Waals surface area contributed by atoms with Crippen LogP contribution in [0.5, 0.6) is 0 Å². The van der Waals surface area contributed by atoms with Crippen molar-refractivity contribution in [3.63, 3.8) is 0 Å². The first-order valence-electron chi connectivity index (χ1n) is 6.75. The summed E-state index contributed by atoms with van der Waals surface area (Å²) in [6.45, 7) is 4.17. The molecule has 6 nitrogen and oxygen atoms in total. The van der Waals surface area contributed by atoms with Crippen molar-refractivity contribution in [1.29, 1.82) is 0 Å². The van der Waals surface area contributed by atoms with Crippen molar-refractivity contribution in [2.45, 2.75) is 20.0 Å². The van der Waals surface area contributed by atoms with E-state index in [-0.39, 0.29) is 24.3 Å². The predicted molar refractivity (Wildman–Crippen MR) is 75.2 cm³/mol. The third-order valence-electron chi connectivity index (χ3n) is 2.49. The van der Waals surface area contributed by atoms with E-state index in [1.165, 1.54) is 19.1 Å². The van der Waals surface area contributed by atoms with Crippen LogP contribution in [0.3, 0.4) is 0 Å². The van der Waals surface area contributed by atoms with E-state index in [0.29, 0.717) is 13.2 Å². The summed E-state index contributed by atoms with van der Waals surface area (Å²) in [6.07, 6.45) is -0.765. The number of aliphatic hydroxyl groups is 1. The lowest BCUT2D eigenvalue weighted by atomic mass is 10.1. The molecule has 0 heterocycles. The Bertz CT molecular complexity index is 469. The Morgan fingerprint density at radius 3 is 2.19 bits per heavy atom. The predicted octanol–water partition coefficient (Wildman–Crippen LogP) is 1.42. The Kier molecular flexibility index (Phi) is 7.42. The summed E-state index contributed by atoms with van der Waals surface area (Å²) in [7, 11) is 0. The second-order valence-corrected chi connectivity index (χ2v) is 4.33. The van der Waals surface area contributed by atoms with Gasteiger partial charge in [0.05, 0.1) is 23.8 Å². The van der Waals surface area contributed by atoms with Crippen molar-refractivity contribution < 1.29 is 28.9 Å². The summed E-state index contributed by atoms with van der Waals surface area (Å²) in [5.74, 6) is -1.28. The van der Waals surface area contributed by atoms with Gasteiger partial charge in [0.1, 0.15) is 13.2 Å². The second kappa shape index (κ2) is 9.10. The van der Waals surface area contributed by atoms with Crippen molar-refractivity contribution in [3.05, 3.63) is 35.4 Å². The van der Waals surface area contributed by atoms with Gasteiger partial charge in [-0.15, -0.1) is 0 Å². The monoisotopic (exact) mass is 296 g/mol. The molecule has 0 spiro atoms. The molecule has 21 heavy (non-hydrogen) atoms.